The molecule has 1 aliphatic heterocycles. The van der Waals surface area contributed by atoms with E-state index >= 15 is 0 Å². The third kappa shape index (κ3) is 5.26. The highest BCUT2D eigenvalue weighted by molar-refractivity contribution is 6.31. The average molecular weight is 507 g/mol. The highest BCUT2D eigenvalue weighted by atomic mass is 35.5. The zero-order valence-electron chi connectivity index (χ0n) is 20.6. The minimum atomic E-state index is -0.723. The molecule has 6 nitrogen and oxygen atoms in total. The number of likely N-dealkylation sites (N-methyl/N-ethyl adjacent to an activating group) is 1. The molecule has 1 unspecified atom stereocenters. The van der Waals surface area contributed by atoms with Crippen LogP contribution in [0, 0.1) is 5.82 Å². The summed E-state index contributed by atoms with van der Waals surface area (Å²) in [6.45, 7) is 8.04. The van der Waals surface area contributed by atoms with Gasteiger partial charge in [-0.15, -0.1) is 0 Å². The zero-order valence-corrected chi connectivity index (χ0v) is 21.4. The molecule has 186 valence electrons. The molecule has 0 radical (unpaired) electrons. The maximum absolute atomic E-state index is 13.9. The number of fused-ring (bicyclic) bond motifs is 1. The molecule has 0 aromatic heterocycles. The van der Waals surface area contributed by atoms with Gasteiger partial charge in [0.05, 0.1) is 11.4 Å². The molecule has 1 N–H and O–H groups in total. The van der Waals surface area contributed by atoms with E-state index in [0.29, 0.717) is 28.5 Å². The van der Waals surface area contributed by atoms with Crippen molar-refractivity contribution in [1.29, 1.82) is 0 Å². The Kier molecular flexibility index (Phi) is 7.13. The van der Waals surface area contributed by atoms with E-state index in [1.54, 1.807) is 29.2 Å². The quantitative estimate of drug-likeness (QED) is 0.464. The van der Waals surface area contributed by atoms with Gasteiger partial charge in [-0.2, -0.15) is 0 Å². The van der Waals surface area contributed by atoms with Crippen molar-refractivity contribution < 1.29 is 14.0 Å². The van der Waals surface area contributed by atoms with Gasteiger partial charge in [0.15, 0.2) is 0 Å². The van der Waals surface area contributed by atoms with Gasteiger partial charge in [-0.25, -0.2) is 14.3 Å². The van der Waals surface area contributed by atoms with Gasteiger partial charge in [-0.3, -0.25) is 9.59 Å². The molecule has 0 fully saturated rings. The van der Waals surface area contributed by atoms with Gasteiger partial charge in [-0.1, -0.05) is 29.8 Å². The Hall–Kier alpha value is -3.71. The fourth-order valence-corrected chi connectivity index (χ4v) is 4.26. The molecule has 8 heteroatoms. The number of para-hydroxylation sites is 1. The SMILES string of the molecule is CCN1C(N(C(=O)c2ccc(Cl)cc2)c2ccc(F)cc2)=Nc2ccccc2C1C(=O)NC(C)(C)C. The first-order chi connectivity index (χ1) is 17.1. The van der Waals surface area contributed by atoms with Crippen molar-refractivity contribution in [3.63, 3.8) is 0 Å². The Balaban J connectivity index is 1.90. The van der Waals surface area contributed by atoms with Crippen molar-refractivity contribution in [2.24, 2.45) is 4.99 Å². The van der Waals surface area contributed by atoms with Crippen molar-refractivity contribution in [3.05, 3.63) is 94.8 Å². The van der Waals surface area contributed by atoms with E-state index in [2.05, 4.69) is 5.32 Å². The van der Waals surface area contributed by atoms with Gasteiger partial charge in [-0.05, 0) is 82.3 Å². The monoisotopic (exact) mass is 506 g/mol. The molecule has 0 saturated carbocycles. The second-order valence-corrected chi connectivity index (χ2v) is 9.96. The number of aliphatic imine (C=N–C) groups is 1. The number of anilines is 1. The van der Waals surface area contributed by atoms with E-state index in [9.17, 15) is 14.0 Å². The van der Waals surface area contributed by atoms with E-state index in [4.69, 9.17) is 16.6 Å². The molecule has 0 bridgehead atoms. The number of nitrogens with zero attached hydrogens (tertiary/aromatic N) is 3. The van der Waals surface area contributed by atoms with E-state index < -0.39 is 17.4 Å². The van der Waals surface area contributed by atoms with Crippen LogP contribution in [0.15, 0.2) is 77.8 Å². The number of carbonyl (C=O) groups excluding carboxylic acids is 2. The van der Waals surface area contributed by atoms with Gasteiger partial charge in [0.1, 0.15) is 11.9 Å². The molecule has 1 aliphatic rings. The van der Waals surface area contributed by atoms with E-state index in [-0.39, 0.29) is 17.8 Å². The summed E-state index contributed by atoms with van der Waals surface area (Å²) in [5.41, 5.74) is 1.65. The van der Waals surface area contributed by atoms with E-state index in [1.165, 1.54) is 29.2 Å². The number of nitrogens with one attached hydrogen (secondary N) is 1. The minimum absolute atomic E-state index is 0.206. The third-order valence-electron chi connectivity index (χ3n) is 5.69. The smallest absolute Gasteiger partial charge is 0.265 e. The van der Waals surface area contributed by atoms with Gasteiger partial charge < -0.3 is 10.2 Å². The number of benzene rings is 3. The van der Waals surface area contributed by atoms with Crippen LogP contribution >= 0.6 is 11.6 Å². The van der Waals surface area contributed by atoms with Crippen LogP contribution in [0.1, 0.15) is 49.7 Å². The highest BCUT2D eigenvalue weighted by Gasteiger charge is 2.39. The number of hydrogen-bond acceptors (Lipinski definition) is 4. The van der Waals surface area contributed by atoms with Crippen LogP contribution in [-0.4, -0.2) is 34.8 Å². The lowest BCUT2D eigenvalue weighted by molar-refractivity contribution is -0.126. The topological polar surface area (TPSA) is 65.0 Å². The largest absolute Gasteiger partial charge is 0.349 e. The maximum Gasteiger partial charge on any atom is 0.265 e. The first-order valence-electron chi connectivity index (χ1n) is 11.7. The van der Waals surface area contributed by atoms with Crippen molar-refractivity contribution in [2.45, 2.75) is 39.3 Å². The van der Waals surface area contributed by atoms with Crippen molar-refractivity contribution >= 4 is 40.7 Å². The molecule has 4 rings (SSSR count). The van der Waals surface area contributed by atoms with Crippen molar-refractivity contribution in [1.82, 2.24) is 10.2 Å². The third-order valence-corrected chi connectivity index (χ3v) is 5.94. The molecule has 1 atom stereocenters. The number of halogens is 2. The van der Waals surface area contributed by atoms with Gasteiger partial charge in [0, 0.05) is 28.2 Å². The lowest BCUT2D eigenvalue weighted by Gasteiger charge is -2.41. The summed E-state index contributed by atoms with van der Waals surface area (Å²) >= 11 is 6.04. The van der Waals surface area contributed by atoms with E-state index in [1.807, 2.05) is 52.0 Å². The Morgan fingerprint density at radius 3 is 2.28 bits per heavy atom. The van der Waals surface area contributed by atoms with E-state index in [0.717, 1.165) is 5.56 Å². The highest BCUT2D eigenvalue weighted by Crippen LogP contribution is 2.37. The maximum atomic E-state index is 13.9. The lowest BCUT2D eigenvalue weighted by Crippen LogP contribution is -2.55. The Labute approximate surface area is 215 Å². The zero-order chi connectivity index (χ0) is 26.0. The predicted octanol–water partition coefficient (Wildman–Crippen LogP) is 6.10. The van der Waals surface area contributed by atoms with Crippen LogP contribution in [0.3, 0.4) is 0 Å². The van der Waals surface area contributed by atoms with Crippen LogP contribution in [-0.2, 0) is 4.79 Å². The Morgan fingerprint density at radius 2 is 1.67 bits per heavy atom. The minimum Gasteiger partial charge on any atom is -0.349 e. The van der Waals surface area contributed by atoms with Gasteiger partial charge in [0.25, 0.3) is 5.91 Å². The van der Waals surface area contributed by atoms with Gasteiger partial charge >= 0.3 is 0 Å². The molecule has 0 aliphatic carbocycles. The summed E-state index contributed by atoms with van der Waals surface area (Å²) in [6, 6.07) is 18.8. The summed E-state index contributed by atoms with van der Waals surface area (Å²) in [7, 11) is 0. The fraction of sp³-hybridized carbons (Fsp3) is 0.250. The second kappa shape index (κ2) is 10.1. The number of hydrogen-bond donors (Lipinski definition) is 1. The molecule has 1 heterocycles. The molecule has 3 aromatic rings. The first kappa shape index (κ1) is 25.4. The van der Waals surface area contributed by atoms with Crippen molar-refractivity contribution in [2.75, 3.05) is 11.4 Å². The van der Waals surface area contributed by atoms with Crippen LogP contribution in [0.4, 0.5) is 15.8 Å². The lowest BCUT2D eigenvalue weighted by atomic mass is 9.98. The van der Waals surface area contributed by atoms with Crippen LogP contribution < -0.4 is 10.2 Å². The van der Waals surface area contributed by atoms with Gasteiger partial charge in [0.2, 0.25) is 11.9 Å². The van der Waals surface area contributed by atoms with Crippen LogP contribution in [0.25, 0.3) is 0 Å². The first-order valence-corrected chi connectivity index (χ1v) is 12.1. The number of amides is 2. The normalized spacial score (nSPS) is 15.1. The molecular weight excluding hydrogens is 479 g/mol. The Bertz CT molecular complexity index is 1300. The summed E-state index contributed by atoms with van der Waals surface area (Å²) in [4.78, 5) is 35.5. The molecule has 2 amide bonds. The molecule has 36 heavy (non-hydrogen) atoms. The van der Waals surface area contributed by atoms with Crippen LogP contribution in [0.2, 0.25) is 5.02 Å². The number of carbonyl (C=O) groups is 2. The molecule has 0 saturated heterocycles. The number of guanidine groups is 1. The second-order valence-electron chi connectivity index (χ2n) is 9.52. The molecule has 3 aromatic carbocycles. The van der Waals surface area contributed by atoms with Crippen LogP contribution in [0.5, 0.6) is 0 Å². The summed E-state index contributed by atoms with van der Waals surface area (Å²) in [6.07, 6.45) is 0. The summed E-state index contributed by atoms with van der Waals surface area (Å²) < 4.78 is 13.8. The molecular formula is C28H28ClFN4O2. The van der Waals surface area contributed by atoms with Crippen molar-refractivity contribution in [3.8, 4) is 0 Å². The summed E-state index contributed by atoms with van der Waals surface area (Å²) in [5, 5.41) is 3.56. The predicted molar refractivity (Wildman–Crippen MR) is 141 cm³/mol. The molecule has 0 spiro atoms. The Morgan fingerprint density at radius 1 is 1.03 bits per heavy atom. The fourth-order valence-electron chi connectivity index (χ4n) is 4.13. The standard InChI is InChI=1S/C28H28ClFN4O2/c1-5-33-24(25(35)32-28(2,3)4)22-8-6-7-9-23(22)31-27(33)34(21-16-14-20(30)15-17-21)26(36)18-10-12-19(29)13-11-18/h6-17,24H,5H2,1-4H3,(H,32,35). The summed E-state index contributed by atoms with van der Waals surface area (Å²) in [5.74, 6) is -0.743. The number of rotatable bonds is 4. The average Bonchev–Trinajstić information content (AvgIpc) is 2.83.